The molecular formula is C24H54O8P2Si. The normalized spacial score (nSPS) is 13.0. The van der Waals surface area contributed by atoms with Crippen molar-refractivity contribution in [1.29, 1.82) is 0 Å². The highest BCUT2D eigenvalue weighted by atomic mass is 31.2. The second-order valence-electron chi connectivity index (χ2n) is 8.69. The van der Waals surface area contributed by atoms with Gasteiger partial charge in [-0.25, -0.2) is 0 Å². The summed E-state index contributed by atoms with van der Waals surface area (Å²) in [7, 11) is -9.44. The minimum atomic E-state index is -3.29. The Labute approximate surface area is 216 Å². The van der Waals surface area contributed by atoms with Gasteiger partial charge in [0.2, 0.25) is 0 Å². The molecule has 0 saturated heterocycles. The molecule has 0 atom stereocenters. The van der Waals surface area contributed by atoms with E-state index in [1.54, 1.807) is 0 Å². The van der Waals surface area contributed by atoms with Crippen molar-refractivity contribution in [2.45, 2.75) is 105 Å². The molecule has 0 amide bonds. The van der Waals surface area contributed by atoms with E-state index >= 15 is 0 Å². The fourth-order valence-corrected chi connectivity index (χ4v) is 12.5. The van der Waals surface area contributed by atoms with Gasteiger partial charge in [0.05, 0.1) is 38.8 Å². The van der Waals surface area contributed by atoms with Gasteiger partial charge < -0.3 is 26.9 Å². The summed E-state index contributed by atoms with van der Waals surface area (Å²) >= 11 is 0. The zero-order valence-electron chi connectivity index (χ0n) is 23.4. The molecule has 0 heterocycles. The van der Waals surface area contributed by atoms with Crippen molar-refractivity contribution in [3.8, 4) is 0 Å². The molecule has 0 fully saturated rings. The molecule has 35 heavy (non-hydrogen) atoms. The molecule has 8 nitrogen and oxygen atoms in total. The maximum absolute atomic E-state index is 13.5. The SMILES string of the molecule is CCCCOP(=O)(CC[Si](CCP(=O)(OCCCC)OCCCC)(OCC)OCC)OCCCC. The van der Waals surface area contributed by atoms with Crippen molar-refractivity contribution in [2.75, 3.05) is 52.0 Å². The van der Waals surface area contributed by atoms with Gasteiger partial charge in [-0.3, -0.25) is 9.13 Å². The summed E-state index contributed by atoms with van der Waals surface area (Å²) in [6.07, 6.45) is 7.58. The first-order valence-corrected chi connectivity index (χ1v) is 19.5. The molecule has 0 unspecified atom stereocenters. The fraction of sp³-hybridized carbons (Fsp3) is 1.00. The Morgan fingerprint density at radius 2 is 0.800 bits per heavy atom. The number of hydrogen-bond donors (Lipinski definition) is 0. The zero-order valence-corrected chi connectivity index (χ0v) is 26.2. The van der Waals surface area contributed by atoms with Gasteiger partial charge in [0.25, 0.3) is 0 Å². The molecule has 0 aliphatic heterocycles. The van der Waals surface area contributed by atoms with Crippen LogP contribution in [0.5, 0.6) is 0 Å². The van der Waals surface area contributed by atoms with Crippen LogP contribution in [-0.2, 0) is 36.1 Å². The van der Waals surface area contributed by atoms with E-state index in [0.717, 1.165) is 51.4 Å². The molecule has 0 N–H and O–H groups in total. The molecule has 0 spiro atoms. The lowest BCUT2D eigenvalue weighted by molar-refractivity contribution is 0.176. The van der Waals surface area contributed by atoms with Crippen molar-refractivity contribution in [1.82, 2.24) is 0 Å². The Kier molecular flexibility index (Phi) is 21.6. The molecule has 0 aromatic rings. The largest absolute Gasteiger partial charge is 0.394 e. The van der Waals surface area contributed by atoms with Gasteiger partial charge in [0, 0.05) is 25.3 Å². The Hall–Kier alpha value is 0.437. The van der Waals surface area contributed by atoms with Gasteiger partial charge >= 0.3 is 23.8 Å². The highest BCUT2D eigenvalue weighted by molar-refractivity contribution is 7.54. The lowest BCUT2D eigenvalue weighted by Crippen LogP contribution is -2.44. The number of hydrogen-bond acceptors (Lipinski definition) is 8. The monoisotopic (exact) mass is 560 g/mol. The van der Waals surface area contributed by atoms with Crippen molar-refractivity contribution >= 4 is 23.8 Å². The van der Waals surface area contributed by atoms with Crippen molar-refractivity contribution < 1.29 is 36.1 Å². The van der Waals surface area contributed by atoms with Crippen LogP contribution in [0.25, 0.3) is 0 Å². The van der Waals surface area contributed by atoms with E-state index in [0.29, 0.717) is 51.7 Å². The standard InChI is InChI=1S/C24H54O8P2Si/c1-7-13-17-27-33(25,28-18-14-8-2)21-23-35(31-11-5,32-12-6)24-22-34(26,29-19-15-9-3)30-20-16-10-4/h7-24H2,1-6H3. The van der Waals surface area contributed by atoms with E-state index in [1.165, 1.54) is 0 Å². The second kappa shape index (κ2) is 21.4. The van der Waals surface area contributed by atoms with E-state index in [2.05, 4.69) is 27.7 Å². The summed E-state index contributed by atoms with van der Waals surface area (Å²) in [6.45, 7) is 14.7. The fourth-order valence-electron chi connectivity index (χ4n) is 3.32. The first kappa shape index (κ1) is 35.4. The van der Waals surface area contributed by atoms with Crippen molar-refractivity contribution in [3.05, 3.63) is 0 Å². The summed E-state index contributed by atoms with van der Waals surface area (Å²) in [4.78, 5) is 0. The van der Waals surface area contributed by atoms with Gasteiger partial charge in [0.1, 0.15) is 0 Å². The average molecular weight is 561 g/mol. The third kappa shape index (κ3) is 16.8. The molecule has 212 valence electrons. The molecule has 0 radical (unpaired) electrons. The number of rotatable bonds is 26. The lowest BCUT2D eigenvalue weighted by Gasteiger charge is -2.32. The molecule has 0 aromatic carbocycles. The van der Waals surface area contributed by atoms with Crippen LogP contribution in [0.3, 0.4) is 0 Å². The Morgan fingerprint density at radius 3 is 1.03 bits per heavy atom. The molecular weight excluding hydrogens is 506 g/mol. The van der Waals surface area contributed by atoms with Crippen molar-refractivity contribution in [3.63, 3.8) is 0 Å². The van der Waals surface area contributed by atoms with Crippen LogP contribution in [0.4, 0.5) is 0 Å². The highest BCUT2D eigenvalue weighted by Crippen LogP contribution is 2.53. The predicted octanol–water partition coefficient (Wildman–Crippen LogP) is 8.15. The lowest BCUT2D eigenvalue weighted by atomic mass is 10.4. The van der Waals surface area contributed by atoms with Gasteiger partial charge in [-0.1, -0.05) is 53.4 Å². The van der Waals surface area contributed by atoms with Crippen LogP contribution in [0.15, 0.2) is 0 Å². The third-order valence-corrected chi connectivity index (χ3v) is 13.8. The Balaban J connectivity index is 5.52. The topological polar surface area (TPSA) is 89.5 Å². The van der Waals surface area contributed by atoms with Crippen LogP contribution < -0.4 is 0 Å². The maximum atomic E-state index is 13.5. The first-order chi connectivity index (χ1) is 16.8. The molecule has 0 rings (SSSR count). The molecule has 0 aliphatic carbocycles. The van der Waals surface area contributed by atoms with Crippen LogP contribution in [0.1, 0.15) is 92.9 Å². The summed E-state index contributed by atoms with van der Waals surface area (Å²) in [6, 6.07) is 0.877. The minimum absolute atomic E-state index is 0.227. The van der Waals surface area contributed by atoms with Gasteiger partial charge in [-0.15, -0.1) is 0 Å². The predicted molar refractivity (Wildman–Crippen MR) is 147 cm³/mol. The summed E-state index contributed by atoms with van der Waals surface area (Å²) in [5.41, 5.74) is 0. The summed E-state index contributed by atoms with van der Waals surface area (Å²) in [5.74, 6) is 0. The maximum Gasteiger partial charge on any atom is 0.339 e. The zero-order chi connectivity index (χ0) is 26.5. The van der Waals surface area contributed by atoms with Crippen LogP contribution >= 0.6 is 15.2 Å². The molecule has 0 saturated carbocycles. The van der Waals surface area contributed by atoms with Crippen LogP contribution in [-0.4, -0.2) is 60.5 Å². The van der Waals surface area contributed by atoms with E-state index in [4.69, 9.17) is 26.9 Å². The minimum Gasteiger partial charge on any atom is -0.394 e. The average Bonchev–Trinajstić information content (AvgIpc) is 2.83. The molecule has 0 bridgehead atoms. The van der Waals surface area contributed by atoms with E-state index < -0.39 is 23.8 Å². The molecule has 11 heteroatoms. The van der Waals surface area contributed by atoms with Crippen molar-refractivity contribution in [2.24, 2.45) is 0 Å². The summed E-state index contributed by atoms with van der Waals surface area (Å²) in [5, 5.41) is 0. The Bertz CT molecular complexity index is 516. The Morgan fingerprint density at radius 1 is 0.514 bits per heavy atom. The van der Waals surface area contributed by atoms with Crippen LogP contribution in [0, 0.1) is 0 Å². The summed E-state index contributed by atoms with van der Waals surface area (Å²) < 4.78 is 62.6. The second-order valence-corrected chi connectivity index (χ2v) is 16.5. The van der Waals surface area contributed by atoms with E-state index in [1.807, 2.05) is 13.8 Å². The van der Waals surface area contributed by atoms with Crippen LogP contribution in [0.2, 0.25) is 12.1 Å². The molecule has 0 aromatic heterocycles. The highest BCUT2D eigenvalue weighted by Gasteiger charge is 2.43. The molecule has 0 aliphatic rings. The van der Waals surface area contributed by atoms with E-state index in [-0.39, 0.29) is 12.3 Å². The third-order valence-electron chi connectivity index (χ3n) is 5.49. The first-order valence-electron chi connectivity index (χ1n) is 13.8. The quantitative estimate of drug-likeness (QED) is 0.0595. The van der Waals surface area contributed by atoms with Gasteiger partial charge in [-0.05, 0) is 39.5 Å². The van der Waals surface area contributed by atoms with Gasteiger partial charge in [-0.2, -0.15) is 0 Å². The smallest absolute Gasteiger partial charge is 0.339 e. The van der Waals surface area contributed by atoms with Gasteiger partial charge in [0.15, 0.2) is 0 Å². The van der Waals surface area contributed by atoms with E-state index in [9.17, 15) is 9.13 Å². The number of unbranched alkanes of at least 4 members (excludes halogenated alkanes) is 4.